The number of halogens is 1. The summed E-state index contributed by atoms with van der Waals surface area (Å²) >= 11 is 0. The lowest BCUT2D eigenvalue weighted by Gasteiger charge is -2.21. The third-order valence-electron chi connectivity index (χ3n) is 5.01. The van der Waals surface area contributed by atoms with E-state index in [1.165, 1.54) is 11.6 Å². The van der Waals surface area contributed by atoms with Crippen molar-refractivity contribution in [3.05, 3.63) is 52.3 Å². The quantitative estimate of drug-likeness (QED) is 0.580. The second-order valence-corrected chi connectivity index (χ2v) is 8.81. The van der Waals surface area contributed by atoms with Crippen LogP contribution in [0.4, 0.5) is 15.8 Å². The van der Waals surface area contributed by atoms with Crippen LogP contribution in [0.3, 0.4) is 0 Å². The summed E-state index contributed by atoms with van der Waals surface area (Å²) in [5.74, 6) is -1.83. The molecule has 0 unspecified atom stereocenters. The van der Waals surface area contributed by atoms with E-state index < -0.39 is 39.9 Å². The van der Waals surface area contributed by atoms with Crippen LogP contribution in [0.2, 0.25) is 0 Å². The zero-order chi connectivity index (χ0) is 21.6. The van der Waals surface area contributed by atoms with Crippen LogP contribution in [0.25, 0.3) is 0 Å². The van der Waals surface area contributed by atoms with Crippen molar-refractivity contribution in [1.29, 1.82) is 0 Å². The van der Waals surface area contributed by atoms with Crippen LogP contribution in [0.15, 0.2) is 29.3 Å². The number of nitrogens with zero attached hydrogens (tertiary/aromatic N) is 2. The summed E-state index contributed by atoms with van der Waals surface area (Å²) in [6, 6.07) is 6.46. The van der Waals surface area contributed by atoms with Crippen LogP contribution in [0.1, 0.15) is 22.3 Å². The number of fused-ring (bicyclic) bond motifs is 1. The molecule has 9 nitrogen and oxygen atoms in total. The molecule has 2 heterocycles. The SMILES string of the molecule is Cc1cc2c(cc1C)NC(NCc1cc(O)c(N3CC(=O)NS3(=O)=O)c(F)c1)=NC2. The molecular formula is C19H20FN5O4S. The van der Waals surface area contributed by atoms with Gasteiger partial charge >= 0.3 is 10.2 Å². The van der Waals surface area contributed by atoms with Crippen molar-refractivity contribution >= 4 is 33.5 Å². The monoisotopic (exact) mass is 433 g/mol. The van der Waals surface area contributed by atoms with Gasteiger partial charge < -0.3 is 15.7 Å². The maximum atomic E-state index is 14.6. The van der Waals surface area contributed by atoms with Crippen molar-refractivity contribution in [3.63, 3.8) is 0 Å². The van der Waals surface area contributed by atoms with E-state index in [0.29, 0.717) is 22.4 Å². The zero-order valence-corrected chi connectivity index (χ0v) is 17.1. The summed E-state index contributed by atoms with van der Waals surface area (Å²) in [5, 5.41) is 16.4. The van der Waals surface area contributed by atoms with E-state index in [1.807, 2.05) is 19.9 Å². The molecular weight excluding hydrogens is 413 g/mol. The Balaban J connectivity index is 1.49. The van der Waals surface area contributed by atoms with Gasteiger partial charge in [0.25, 0.3) is 5.91 Å². The first-order valence-corrected chi connectivity index (χ1v) is 10.6. The summed E-state index contributed by atoms with van der Waals surface area (Å²) in [7, 11) is -4.22. The van der Waals surface area contributed by atoms with Gasteiger partial charge in [-0.3, -0.25) is 4.79 Å². The molecule has 1 amide bonds. The minimum absolute atomic E-state index is 0.140. The van der Waals surface area contributed by atoms with Crippen molar-refractivity contribution in [2.24, 2.45) is 4.99 Å². The zero-order valence-electron chi connectivity index (χ0n) is 16.3. The standard InChI is InChI=1S/C19H20FN5O4S/c1-10-3-13-8-22-19(23-15(13)4-11(10)2)21-7-12-5-14(20)18(16(26)6-12)25-9-17(27)24-30(25,28)29/h3-6,26H,7-9H2,1-2H3,(H,24,27)(H2,21,22,23). The summed E-state index contributed by atoms with van der Waals surface area (Å²) in [4.78, 5) is 15.8. The highest BCUT2D eigenvalue weighted by Crippen LogP contribution is 2.34. The highest BCUT2D eigenvalue weighted by Gasteiger charge is 2.37. The van der Waals surface area contributed by atoms with Crippen LogP contribution in [0, 0.1) is 19.7 Å². The number of amides is 1. The molecule has 30 heavy (non-hydrogen) atoms. The van der Waals surface area contributed by atoms with Crippen molar-refractivity contribution < 1.29 is 22.7 Å². The molecule has 2 aromatic rings. The summed E-state index contributed by atoms with van der Waals surface area (Å²) in [6.45, 7) is 4.10. The van der Waals surface area contributed by atoms with Crippen molar-refractivity contribution in [1.82, 2.24) is 10.0 Å². The molecule has 2 aromatic carbocycles. The Bertz CT molecular complexity index is 1170. The number of aromatic hydroxyl groups is 1. The van der Waals surface area contributed by atoms with Crippen LogP contribution >= 0.6 is 0 Å². The Kier molecular flexibility index (Phi) is 4.77. The highest BCUT2D eigenvalue weighted by molar-refractivity contribution is 7.92. The number of nitrogens with one attached hydrogen (secondary N) is 3. The van der Waals surface area contributed by atoms with Gasteiger partial charge in [0.1, 0.15) is 18.0 Å². The average Bonchev–Trinajstić information content (AvgIpc) is 2.92. The lowest BCUT2D eigenvalue weighted by molar-refractivity contribution is -0.117. The van der Waals surface area contributed by atoms with Gasteiger partial charge in [-0.05, 0) is 54.3 Å². The molecule has 2 aliphatic rings. The Labute approximate surface area is 172 Å². The molecule has 1 saturated heterocycles. The molecule has 0 bridgehead atoms. The van der Waals surface area contributed by atoms with Gasteiger partial charge in [0.05, 0.1) is 6.54 Å². The Morgan fingerprint density at radius 3 is 2.63 bits per heavy atom. The maximum absolute atomic E-state index is 14.6. The number of anilines is 2. The number of phenols is 1. The molecule has 158 valence electrons. The first-order chi connectivity index (χ1) is 14.1. The van der Waals surface area contributed by atoms with E-state index >= 15 is 0 Å². The highest BCUT2D eigenvalue weighted by atomic mass is 32.2. The van der Waals surface area contributed by atoms with E-state index in [9.17, 15) is 22.7 Å². The lowest BCUT2D eigenvalue weighted by Crippen LogP contribution is -2.33. The van der Waals surface area contributed by atoms with E-state index in [-0.39, 0.29) is 6.54 Å². The Hall–Kier alpha value is -3.34. The van der Waals surface area contributed by atoms with Crippen LogP contribution < -0.4 is 19.7 Å². The van der Waals surface area contributed by atoms with E-state index in [2.05, 4.69) is 21.7 Å². The van der Waals surface area contributed by atoms with Gasteiger partial charge in [-0.25, -0.2) is 18.4 Å². The first kappa shape index (κ1) is 20.0. The number of hydrogen-bond acceptors (Lipinski definition) is 7. The molecule has 2 aliphatic heterocycles. The van der Waals surface area contributed by atoms with E-state index in [4.69, 9.17) is 0 Å². The minimum Gasteiger partial charge on any atom is -0.506 e. The fourth-order valence-corrected chi connectivity index (χ4v) is 4.55. The molecule has 0 spiro atoms. The van der Waals surface area contributed by atoms with Gasteiger partial charge in [0, 0.05) is 12.2 Å². The number of aryl methyl sites for hydroxylation is 2. The number of carbonyl (C=O) groups excluding carboxylic acids is 1. The lowest BCUT2D eigenvalue weighted by atomic mass is 10.0. The third-order valence-corrected chi connectivity index (χ3v) is 6.39. The van der Waals surface area contributed by atoms with Gasteiger partial charge in [0.2, 0.25) is 0 Å². The predicted octanol–water partition coefficient (Wildman–Crippen LogP) is 1.40. The van der Waals surface area contributed by atoms with Crippen molar-refractivity contribution in [2.75, 3.05) is 16.2 Å². The average molecular weight is 433 g/mol. The second kappa shape index (κ2) is 7.17. The van der Waals surface area contributed by atoms with Gasteiger partial charge in [0.15, 0.2) is 11.8 Å². The number of rotatable bonds is 3. The molecule has 4 N–H and O–H groups in total. The van der Waals surface area contributed by atoms with Crippen LogP contribution in [-0.4, -0.2) is 31.9 Å². The third kappa shape index (κ3) is 3.63. The summed E-state index contributed by atoms with van der Waals surface area (Å²) in [6.07, 6.45) is 0. The topological polar surface area (TPSA) is 123 Å². The van der Waals surface area contributed by atoms with E-state index in [0.717, 1.165) is 22.9 Å². The number of carbonyl (C=O) groups is 1. The Morgan fingerprint density at radius 2 is 1.97 bits per heavy atom. The van der Waals surface area contributed by atoms with Crippen molar-refractivity contribution in [2.45, 2.75) is 26.9 Å². The largest absolute Gasteiger partial charge is 0.506 e. The van der Waals surface area contributed by atoms with Gasteiger partial charge in [-0.2, -0.15) is 8.42 Å². The molecule has 0 aromatic heterocycles. The number of benzene rings is 2. The molecule has 0 saturated carbocycles. The van der Waals surface area contributed by atoms with Crippen LogP contribution in [0.5, 0.6) is 5.75 Å². The number of guanidine groups is 1. The summed E-state index contributed by atoms with van der Waals surface area (Å²) < 4.78 is 40.7. The molecule has 0 radical (unpaired) electrons. The van der Waals surface area contributed by atoms with Crippen molar-refractivity contribution in [3.8, 4) is 5.75 Å². The maximum Gasteiger partial charge on any atom is 0.326 e. The fourth-order valence-electron chi connectivity index (χ4n) is 3.37. The van der Waals surface area contributed by atoms with E-state index in [1.54, 1.807) is 4.72 Å². The van der Waals surface area contributed by atoms with Gasteiger partial charge in [-0.15, -0.1) is 0 Å². The second-order valence-electron chi connectivity index (χ2n) is 7.22. The molecule has 1 fully saturated rings. The molecule has 11 heteroatoms. The first-order valence-electron chi connectivity index (χ1n) is 9.14. The number of phenolic OH excluding ortho intramolecular Hbond substituents is 1. The molecule has 0 aliphatic carbocycles. The molecule has 0 atom stereocenters. The number of hydrogen-bond donors (Lipinski definition) is 4. The van der Waals surface area contributed by atoms with Gasteiger partial charge in [-0.1, -0.05) is 6.07 Å². The fraction of sp³-hybridized carbons (Fsp3) is 0.263. The predicted molar refractivity (Wildman–Crippen MR) is 110 cm³/mol. The minimum atomic E-state index is -4.22. The summed E-state index contributed by atoms with van der Waals surface area (Å²) in [5.41, 5.74) is 4.16. The van der Waals surface area contributed by atoms with Crippen LogP contribution in [-0.2, 0) is 28.1 Å². The number of aliphatic imine (C=N–C) groups is 1. The smallest absolute Gasteiger partial charge is 0.326 e. The normalized spacial score (nSPS) is 17.1. The Morgan fingerprint density at radius 1 is 1.23 bits per heavy atom. The molecule has 4 rings (SSSR count).